The predicted molar refractivity (Wildman–Crippen MR) is 173 cm³/mol. The number of hydrogen-bond donors (Lipinski definition) is 5. The molecule has 4 rings (SSSR count). The van der Waals surface area contributed by atoms with Gasteiger partial charge in [-0.25, -0.2) is 9.97 Å². The zero-order valence-corrected chi connectivity index (χ0v) is 27.3. The molecule has 0 amide bonds. The molecule has 0 radical (unpaired) electrons. The second kappa shape index (κ2) is 16.7. The van der Waals surface area contributed by atoms with E-state index in [0.29, 0.717) is 0 Å². The Labute approximate surface area is 277 Å². The molecule has 7 N–H and O–H groups in total. The molecule has 0 aliphatic rings. The lowest BCUT2D eigenvalue weighted by molar-refractivity contribution is -0.149. The van der Waals surface area contributed by atoms with Gasteiger partial charge in [0.05, 0.1) is 31.2 Å². The first-order valence-corrected chi connectivity index (χ1v) is 15.2. The van der Waals surface area contributed by atoms with Gasteiger partial charge in [-0.1, -0.05) is 27.7 Å². The average Bonchev–Trinajstić information content (AvgIpc) is 3.68. The van der Waals surface area contributed by atoms with Crippen molar-refractivity contribution in [1.82, 2.24) is 39.0 Å². The summed E-state index contributed by atoms with van der Waals surface area (Å²) in [6.07, 6.45) is 2.67. The summed E-state index contributed by atoms with van der Waals surface area (Å²) < 4.78 is 24.1. The Balaban J connectivity index is 1.36. The van der Waals surface area contributed by atoms with Gasteiger partial charge >= 0.3 is 11.9 Å². The largest absolute Gasteiger partial charge is 0.462 e. The van der Waals surface area contributed by atoms with Crippen LogP contribution in [0, 0.1) is 16.7 Å². The SMILES string of the molecule is CC(C)[C@H](N)C(=O)OCCOCn1cnc2c(=O)[nH]c(NCN(N=O)c3nc4c(ncn4COCCOC(=O)[C@@H](N)C(C)C)c(=O)[nH]3)nc21. The van der Waals surface area contributed by atoms with Crippen LogP contribution >= 0.6 is 0 Å². The first-order chi connectivity index (χ1) is 23.4. The summed E-state index contributed by atoms with van der Waals surface area (Å²) in [4.78, 5) is 82.6. The summed E-state index contributed by atoms with van der Waals surface area (Å²) in [5.41, 5.74) is 10.5. The first-order valence-electron chi connectivity index (χ1n) is 15.2. The van der Waals surface area contributed by atoms with Gasteiger partial charge in [0, 0.05) is 0 Å². The van der Waals surface area contributed by atoms with E-state index >= 15 is 0 Å². The predicted octanol–water partition coefficient (Wildman–Crippen LogP) is -0.889. The number of nitrogens with two attached hydrogens (primary N) is 2. The van der Waals surface area contributed by atoms with E-state index in [0.717, 1.165) is 5.01 Å². The summed E-state index contributed by atoms with van der Waals surface area (Å²) in [6, 6.07) is -1.48. The van der Waals surface area contributed by atoms with Crippen molar-refractivity contribution >= 4 is 46.2 Å². The van der Waals surface area contributed by atoms with E-state index < -0.39 is 35.1 Å². The van der Waals surface area contributed by atoms with Crippen LogP contribution in [0.15, 0.2) is 27.5 Å². The van der Waals surface area contributed by atoms with Crippen molar-refractivity contribution in [2.24, 2.45) is 28.6 Å². The zero-order chi connectivity index (χ0) is 35.7. The van der Waals surface area contributed by atoms with Gasteiger partial charge in [0.15, 0.2) is 22.3 Å². The molecule has 0 saturated heterocycles. The number of hydrogen-bond acceptors (Lipinski definition) is 17. The fourth-order valence-corrected chi connectivity index (χ4v) is 4.05. The number of rotatable bonds is 19. The van der Waals surface area contributed by atoms with Gasteiger partial charge < -0.3 is 35.7 Å². The quantitative estimate of drug-likeness (QED) is 0.0262. The lowest BCUT2D eigenvalue weighted by Crippen LogP contribution is -2.37. The number of nitrogens with one attached hydrogen (secondary N) is 3. The highest BCUT2D eigenvalue weighted by Crippen LogP contribution is 2.13. The first kappa shape index (κ1) is 36.5. The van der Waals surface area contributed by atoms with Gasteiger partial charge in [0.2, 0.25) is 11.9 Å². The second-order valence-electron chi connectivity index (χ2n) is 11.3. The van der Waals surface area contributed by atoms with Crippen LogP contribution < -0.4 is 32.9 Å². The fourth-order valence-electron chi connectivity index (χ4n) is 4.05. The molecule has 22 heteroatoms. The molecule has 4 heterocycles. The molecule has 22 nitrogen and oxygen atoms in total. The van der Waals surface area contributed by atoms with Crippen LogP contribution in [0.3, 0.4) is 0 Å². The normalized spacial score (nSPS) is 12.8. The molecule has 49 heavy (non-hydrogen) atoms. The van der Waals surface area contributed by atoms with E-state index in [1.54, 1.807) is 27.7 Å². The summed E-state index contributed by atoms with van der Waals surface area (Å²) >= 11 is 0. The molecule has 0 saturated carbocycles. The lowest BCUT2D eigenvalue weighted by Gasteiger charge is -2.15. The van der Waals surface area contributed by atoms with E-state index in [1.165, 1.54) is 21.8 Å². The number of anilines is 2. The minimum Gasteiger partial charge on any atom is -0.462 e. The Morgan fingerprint density at radius 3 is 1.82 bits per heavy atom. The molecule has 0 aliphatic heterocycles. The van der Waals surface area contributed by atoms with Crippen molar-refractivity contribution in [3.63, 3.8) is 0 Å². The number of nitroso groups, excluding NO2 is 1. The summed E-state index contributed by atoms with van der Waals surface area (Å²) in [6.45, 7) is 6.68. The van der Waals surface area contributed by atoms with E-state index in [9.17, 15) is 24.1 Å². The molecule has 2 atom stereocenters. The number of fused-ring (bicyclic) bond motifs is 2. The zero-order valence-electron chi connectivity index (χ0n) is 27.3. The van der Waals surface area contributed by atoms with Crippen LogP contribution in [0.2, 0.25) is 0 Å². The third-order valence-corrected chi connectivity index (χ3v) is 7.06. The Bertz CT molecular complexity index is 1870. The molecule has 0 unspecified atom stereocenters. The third-order valence-electron chi connectivity index (χ3n) is 7.06. The number of H-pyrrole nitrogens is 2. The molecular weight excluding hydrogens is 650 g/mol. The van der Waals surface area contributed by atoms with E-state index in [2.05, 4.69) is 40.5 Å². The van der Waals surface area contributed by atoms with E-state index in [1.807, 2.05) is 0 Å². The maximum Gasteiger partial charge on any atom is 0.323 e. The molecule has 0 aliphatic carbocycles. The molecular formula is C27H39N13O9. The highest BCUT2D eigenvalue weighted by Gasteiger charge is 2.20. The summed E-state index contributed by atoms with van der Waals surface area (Å²) in [7, 11) is 0. The number of nitrogens with zero attached hydrogens (tertiary/aromatic N) is 8. The van der Waals surface area contributed by atoms with Crippen LogP contribution in [0.4, 0.5) is 11.9 Å². The molecule has 4 aromatic heterocycles. The van der Waals surface area contributed by atoms with E-state index in [4.69, 9.17) is 30.4 Å². The smallest absolute Gasteiger partial charge is 0.323 e. The summed E-state index contributed by atoms with van der Waals surface area (Å²) in [5.74, 6) is -1.53. The monoisotopic (exact) mass is 689 g/mol. The fraction of sp³-hybridized carbons (Fsp3) is 0.556. The Morgan fingerprint density at radius 1 is 0.837 bits per heavy atom. The molecule has 266 valence electrons. The van der Waals surface area contributed by atoms with Crippen LogP contribution in [0.5, 0.6) is 0 Å². The number of aromatic amines is 2. The minimum atomic E-state index is -0.747. The standard InChI is InChI=1S/C27H39N13O9/c1-14(2)16(28)24(43)48-7-5-46-12-38-9-30-18-20(38)33-26(35-22(18)41)32-11-40(37-45)27-34-21-19(23(42)36-27)31-10-39(21)13-47-6-8-49-25(44)17(29)15(3)4/h9-10,14-17H,5-8,11-13,28-29H2,1-4H3,(H,34,36,42)(H2,32,33,35,41)/t16-,17-/m0/s1. The van der Waals surface area contributed by atoms with Crippen LogP contribution in [-0.2, 0) is 42.0 Å². The van der Waals surface area contributed by atoms with Crippen molar-refractivity contribution in [2.75, 3.05) is 43.4 Å². The van der Waals surface area contributed by atoms with Gasteiger partial charge in [0.25, 0.3) is 11.1 Å². The van der Waals surface area contributed by atoms with Gasteiger partial charge in [-0.3, -0.25) is 38.3 Å². The summed E-state index contributed by atoms with van der Waals surface area (Å²) in [5, 5.41) is 6.46. The Hall–Kier alpha value is -5.32. The third kappa shape index (κ3) is 9.19. The van der Waals surface area contributed by atoms with Crippen molar-refractivity contribution in [3.05, 3.63) is 38.3 Å². The number of ether oxygens (including phenoxy) is 4. The average molecular weight is 690 g/mol. The molecule has 0 bridgehead atoms. The number of aromatic nitrogens is 8. The lowest BCUT2D eigenvalue weighted by atomic mass is 10.1. The van der Waals surface area contributed by atoms with Gasteiger partial charge in [-0.05, 0) is 11.8 Å². The minimum absolute atomic E-state index is 0.0234. The molecule has 0 fully saturated rings. The van der Waals surface area contributed by atoms with Crippen molar-refractivity contribution in [2.45, 2.75) is 53.2 Å². The van der Waals surface area contributed by atoms with Gasteiger partial charge in [0.1, 0.15) is 45.4 Å². The topological polar surface area (TPSA) is 295 Å². The highest BCUT2D eigenvalue weighted by atomic mass is 16.6. The Morgan fingerprint density at radius 2 is 1.33 bits per heavy atom. The second-order valence-corrected chi connectivity index (χ2v) is 11.3. The van der Waals surface area contributed by atoms with Crippen molar-refractivity contribution in [1.29, 1.82) is 0 Å². The Kier molecular flexibility index (Phi) is 12.4. The molecule has 0 spiro atoms. The van der Waals surface area contributed by atoms with Crippen molar-refractivity contribution in [3.8, 4) is 0 Å². The van der Waals surface area contributed by atoms with Crippen LogP contribution in [0.1, 0.15) is 27.7 Å². The van der Waals surface area contributed by atoms with Gasteiger partial charge in [-0.15, -0.1) is 4.91 Å². The highest BCUT2D eigenvalue weighted by molar-refractivity contribution is 5.76. The maximum absolute atomic E-state index is 12.7. The number of imidazole rings is 2. The number of carbonyl (C=O) groups excluding carboxylic acids is 2. The molecule has 0 aromatic carbocycles. The van der Waals surface area contributed by atoms with Crippen molar-refractivity contribution < 1.29 is 28.5 Å². The van der Waals surface area contributed by atoms with Crippen LogP contribution in [0.25, 0.3) is 22.3 Å². The number of esters is 2. The van der Waals surface area contributed by atoms with E-state index in [-0.39, 0.29) is 92.6 Å². The maximum atomic E-state index is 12.7. The molecule has 4 aromatic rings. The van der Waals surface area contributed by atoms with Gasteiger partial charge in [-0.2, -0.15) is 15.0 Å². The number of carbonyl (C=O) groups is 2. The van der Waals surface area contributed by atoms with Crippen LogP contribution in [-0.4, -0.2) is 96.2 Å².